The van der Waals surface area contributed by atoms with Crippen LogP contribution in [0.2, 0.25) is 0 Å². The molecule has 0 aliphatic heterocycles. The molecular formula is C7H8N2. The topological polar surface area (TPSA) is 28.7 Å². The van der Waals surface area contributed by atoms with Gasteiger partial charge in [0.1, 0.15) is 6.07 Å². The first-order valence-electron chi connectivity index (χ1n) is 2.76. The van der Waals surface area contributed by atoms with Crippen molar-refractivity contribution in [3.8, 4) is 6.07 Å². The van der Waals surface area contributed by atoms with Crippen LogP contribution in [0, 0.1) is 18.3 Å². The minimum atomic E-state index is 0.762. The number of rotatable bonds is 0. The summed E-state index contributed by atoms with van der Waals surface area (Å²) in [7, 11) is 1.91. The summed E-state index contributed by atoms with van der Waals surface area (Å²) >= 11 is 0. The van der Waals surface area contributed by atoms with Gasteiger partial charge in [-0.15, -0.1) is 0 Å². The molecule has 2 nitrogen and oxygen atoms in total. The average Bonchev–Trinajstić information content (AvgIpc) is 2.10. The smallest absolute Gasteiger partial charge is 0.101 e. The summed E-state index contributed by atoms with van der Waals surface area (Å²) < 4.78 is 1.88. The van der Waals surface area contributed by atoms with Gasteiger partial charge in [0.25, 0.3) is 0 Å². The van der Waals surface area contributed by atoms with Crippen molar-refractivity contribution >= 4 is 0 Å². The first-order valence-corrected chi connectivity index (χ1v) is 2.76. The maximum Gasteiger partial charge on any atom is 0.101 e. The van der Waals surface area contributed by atoms with E-state index < -0.39 is 0 Å². The summed E-state index contributed by atoms with van der Waals surface area (Å²) in [5.74, 6) is 0. The molecule has 0 aliphatic carbocycles. The van der Waals surface area contributed by atoms with E-state index in [1.165, 1.54) is 0 Å². The van der Waals surface area contributed by atoms with Gasteiger partial charge in [0, 0.05) is 19.4 Å². The zero-order chi connectivity index (χ0) is 6.85. The van der Waals surface area contributed by atoms with Crippen molar-refractivity contribution in [1.29, 1.82) is 5.26 Å². The lowest BCUT2D eigenvalue weighted by Crippen LogP contribution is -1.77. The van der Waals surface area contributed by atoms with Gasteiger partial charge in [-0.25, -0.2) is 0 Å². The minimum Gasteiger partial charge on any atom is -0.356 e. The van der Waals surface area contributed by atoms with Crippen LogP contribution in [-0.4, -0.2) is 4.57 Å². The van der Waals surface area contributed by atoms with E-state index >= 15 is 0 Å². The summed E-state index contributed by atoms with van der Waals surface area (Å²) in [4.78, 5) is 0. The van der Waals surface area contributed by atoms with Crippen LogP contribution in [0.4, 0.5) is 0 Å². The number of hydrogen-bond acceptors (Lipinski definition) is 1. The van der Waals surface area contributed by atoms with Gasteiger partial charge in [-0.1, -0.05) is 0 Å². The van der Waals surface area contributed by atoms with Crippen molar-refractivity contribution in [1.82, 2.24) is 4.57 Å². The predicted octanol–water partition coefficient (Wildman–Crippen LogP) is 1.21. The quantitative estimate of drug-likeness (QED) is 0.505. The van der Waals surface area contributed by atoms with Crippen LogP contribution < -0.4 is 0 Å². The van der Waals surface area contributed by atoms with Gasteiger partial charge in [0.15, 0.2) is 0 Å². The third kappa shape index (κ3) is 0.945. The third-order valence-corrected chi connectivity index (χ3v) is 1.28. The normalized spacial score (nSPS) is 9.00. The first-order chi connectivity index (χ1) is 4.24. The Bertz CT molecular complexity index is 252. The minimum absolute atomic E-state index is 0.762. The van der Waals surface area contributed by atoms with E-state index in [0.29, 0.717) is 0 Å². The zero-order valence-electron chi connectivity index (χ0n) is 5.55. The second kappa shape index (κ2) is 1.94. The Morgan fingerprint density at radius 2 is 2.22 bits per heavy atom. The summed E-state index contributed by atoms with van der Waals surface area (Å²) in [6.07, 6.45) is 3.74. The molecule has 0 aliphatic rings. The molecule has 0 spiro atoms. The Labute approximate surface area is 54.3 Å². The Morgan fingerprint density at radius 1 is 1.56 bits per heavy atom. The summed E-state index contributed by atoms with van der Waals surface area (Å²) in [6, 6.07) is 2.10. The molecule has 0 aromatic carbocycles. The number of hydrogen-bond donors (Lipinski definition) is 0. The molecule has 0 atom stereocenters. The van der Waals surface area contributed by atoms with Gasteiger partial charge in [-0.3, -0.25) is 0 Å². The van der Waals surface area contributed by atoms with Crippen LogP contribution in [0.25, 0.3) is 0 Å². The molecule has 2 heteroatoms. The molecule has 1 aromatic rings. The van der Waals surface area contributed by atoms with E-state index in [0.717, 1.165) is 11.1 Å². The number of aryl methyl sites for hydroxylation is 2. The fraction of sp³-hybridized carbons (Fsp3) is 0.286. The molecule has 0 amide bonds. The van der Waals surface area contributed by atoms with Crippen molar-refractivity contribution in [3.05, 3.63) is 23.5 Å². The Kier molecular flexibility index (Phi) is 1.27. The lowest BCUT2D eigenvalue weighted by Gasteiger charge is -1.80. The standard InChI is InChI=1S/C7H8N2/c1-6-4-9(2)5-7(6)3-8/h4-5H,1-2H3. The third-order valence-electron chi connectivity index (χ3n) is 1.28. The molecule has 0 saturated heterocycles. The van der Waals surface area contributed by atoms with Gasteiger partial charge >= 0.3 is 0 Å². The highest BCUT2D eigenvalue weighted by atomic mass is 14.9. The highest BCUT2D eigenvalue weighted by Gasteiger charge is 1.96. The second-order valence-electron chi connectivity index (χ2n) is 2.13. The molecule has 0 N–H and O–H groups in total. The molecule has 0 bridgehead atoms. The Hall–Kier alpha value is -1.23. The van der Waals surface area contributed by atoms with Crippen molar-refractivity contribution in [3.63, 3.8) is 0 Å². The van der Waals surface area contributed by atoms with Crippen molar-refractivity contribution in [2.24, 2.45) is 7.05 Å². The molecule has 46 valence electrons. The van der Waals surface area contributed by atoms with E-state index in [-0.39, 0.29) is 0 Å². The van der Waals surface area contributed by atoms with E-state index in [9.17, 15) is 0 Å². The van der Waals surface area contributed by atoms with Gasteiger partial charge < -0.3 is 4.57 Å². The number of nitriles is 1. The molecule has 1 rings (SSSR count). The summed E-state index contributed by atoms with van der Waals surface area (Å²) in [5, 5.41) is 8.47. The van der Waals surface area contributed by atoms with Crippen LogP contribution >= 0.6 is 0 Å². The van der Waals surface area contributed by atoms with Crippen LogP contribution in [0.3, 0.4) is 0 Å². The van der Waals surface area contributed by atoms with E-state index in [4.69, 9.17) is 5.26 Å². The van der Waals surface area contributed by atoms with Gasteiger partial charge in [0.2, 0.25) is 0 Å². The molecule has 0 fully saturated rings. The van der Waals surface area contributed by atoms with Crippen LogP contribution in [-0.2, 0) is 7.05 Å². The highest BCUT2D eigenvalue weighted by Crippen LogP contribution is 2.04. The number of aromatic nitrogens is 1. The van der Waals surface area contributed by atoms with Crippen molar-refractivity contribution in [2.45, 2.75) is 6.92 Å². The molecule has 9 heavy (non-hydrogen) atoms. The van der Waals surface area contributed by atoms with Crippen LogP contribution in [0.5, 0.6) is 0 Å². The molecule has 0 radical (unpaired) electrons. The van der Waals surface area contributed by atoms with Gasteiger partial charge in [-0.2, -0.15) is 5.26 Å². The second-order valence-corrected chi connectivity index (χ2v) is 2.13. The summed E-state index contributed by atoms with van der Waals surface area (Å²) in [6.45, 7) is 1.93. The first kappa shape index (κ1) is 5.90. The Morgan fingerprint density at radius 3 is 2.44 bits per heavy atom. The molecule has 0 saturated carbocycles. The largest absolute Gasteiger partial charge is 0.356 e. The van der Waals surface area contributed by atoms with Crippen LogP contribution in [0.1, 0.15) is 11.1 Å². The summed E-state index contributed by atoms with van der Waals surface area (Å²) in [5.41, 5.74) is 1.80. The average molecular weight is 120 g/mol. The van der Waals surface area contributed by atoms with E-state index in [1.807, 2.05) is 30.9 Å². The molecular weight excluding hydrogens is 112 g/mol. The number of nitrogens with zero attached hydrogens (tertiary/aromatic N) is 2. The fourth-order valence-electron chi connectivity index (χ4n) is 0.835. The molecule has 1 heterocycles. The fourth-order valence-corrected chi connectivity index (χ4v) is 0.835. The van der Waals surface area contributed by atoms with E-state index in [1.54, 1.807) is 0 Å². The lowest BCUT2D eigenvalue weighted by atomic mass is 10.2. The predicted molar refractivity (Wildman–Crippen MR) is 34.9 cm³/mol. The van der Waals surface area contributed by atoms with Gasteiger partial charge in [0.05, 0.1) is 5.56 Å². The van der Waals surface area contributed by atoms with Crippen LogP contribution in [0.15, 0.2) is 12.4 Å². The van der Waals surface area contributed by atoms with Crippen molar-refractivity contribution in [2.75, 3.05) is 0 Å². The Balaban J connectivity index is 3.20. The van der Waals surface area contributed by atoms with E-state index in [2.05, 4.69) is 6.07 Å². The van der Waals surface area contributed by atoms with Crippen molar-refractivity contribution < 1.29 is 0 Å². The SMILES string of the molecule is Cc1cn(C)cc1C#N. The highest BCUT2D eigenvalue weighted by molar-refractivity contribution is 5.34. The zero-order valence-corrected chi connectivity index (χ0v) is 5.55. The molecule has 1 aromatic heterocycles. The maximum absolute atomic E-state index is 8.47. The maximum atomic E-state index is 8.47. The monoisotopic (exact) mass is 120 g/mol. The lowest BCUT2D eigenvalue weighted by molar-refractivity contribution is 0.924. The molecule has 0 unspecified atom stereocenters. The van der Waals surface area contributed by atoms with Gasteiger partial charge in [-0.05, 0) is 12.5 Å².